The van der Waals surface area contributed by atoms with E-state index in [2.05, 4.69) is 41.2 Å². The molecule has 1 aromatic carbocycles. The lowest BCUT2D eigenvalue weighted by Gasteiger charge is -2.41. The third-order valence-electron chi connectivity index (χ3n) is 11.8. The van der Waals surface area contributed by atoms with Gasteiger partial charge in [-0.25, -0.2) is 4.98 Å². The molecular formula is C39H56N6O4S. The molecule has 6 heterocycles. The summed E-state index contributed by atoms with van der Waals surface area (Å²) in [7, 11) is 0. The number of rotatable bonds is 5. The minimum Gasteiger partial charge on any atom is -0.356 e. The predicted molar refractivity (Wildman–Crippen MR) is 195 cm³/mol. The second-order valence-electron chi connectivity index (χ2n) is 15.4. The quantitative estimate of drug-likeness (QED) is 0.474. The number of hydrogen-bond donors (Lipinski definition) is 2. The molecule has 11 heteroatoms. The molecule has 10 nitrogen and oxygen atoms in total. The summed E-state index contributed by atoms with van der Waals surface area (Å²) in [5, 5.41) is 7.35. The van der Waals surface area contributed by atoms with Crippen LogP contribution >= 0.6 is 11.3 Å². The highest BCUT2D eigenvalue weighted by atomic mass is 32.1. The van der Waals surface area contributed by atoms with Gasteiger partial charge >= 0.3 is 0 Å². The SMILES string of the molecule is Cc1sc2nc1CC(=O)N1CC[C@@H](CC(=O)NCc3ccccc3)[C@@H](CC(=O)NCC[C@H]3CN(C(C)C)CC[C@H]3CC(=O)N3CCC2CC3)C1. The Morgan fingerprint density at radius 2 is 1.66 bits per heavy atom. The van der Waals surface area contributed by atoms with Crippen molar-refractivity contribution in [3.8, 4) is 0 Å². The van der Waals surface area contributed by atoms with Crippen molar-refractivity contribution in [1.82, 2.24) is 30.3 Å². The van der Waals surface area contributed by atoms with Gasteiger partial charge in [-0.15, -0.1) is 11.3 Å². The summed E-state index contributed by atoms with van der Waals surface area (Å²) >= 11 is 1.69. The molecule has 5 aliphatic rings. The summed E-state index contributed by atoms with van der Waals surface area (Å²) in [6.45, 7) is 12.0. The van der Waals surface area contributed by atoms with Crippen LogP contribution in [-0.2, 0) is 32.1 Å². The fourth-order valence-corrected chi connectivity index (χ4v) is 9.68. The molecule has 2 N–H and O–H groups in total. The number of aromatic nitrogens is 1. The summed E-state index contributed by atoms with van der Waals surface area (Å²) in [5.74, 6) is 1.09. The maximum atomic E-state index is 13.7. The molecule has 3 saturated heterocycles. The molecule has 0 aliphatic carbocycles. The summed E-state index contributed by atoms with van der Waals surface area (Å²) in [5.41, 5.74) is 1.89. The Morgan fingerprint density at radius 3 is 2.42 bits per heavy atom. The number of nitrogens with zero attached hydrogens (tertiary/aromatic N) is 4. The molecule has 7 rings (SSSR count). The molecule has 3 fully saturated rings. The molecule has 4 amide bonds. The van der Waals surface area contributed by atoms with Crippen molar-refractivity contribution in [2.75, 3.05) is 45.8 Å². The number of amides is 4. The molecule has 0 spiro atoms. The van der Waals surface area contributed by atoms with Crippen LogP contribution in [0.3, 0.4) is 0 Å². The van der Waals surface area contributed by atoms with E-state index in [4.69, 9.17) is 4.98 Å². The first kappa shape index (κ1) is 36.5. The fraction of sp³-hybridized carbons (Fsp3) is 0.667. The highest BCUT2D eigenvalue weighted by molar-refractivity contribution is 7.11. The number of hydrogen-bond acceptors (Lipinski definition) is 7. The topological polar surface area (TPSA) is 115 Å². The van der Waals surface area contributed by atoms with Crippen LogP contribution in [0.15, 0.2) is 30.3 Å². The highest BCUT2D eigenvalue weighted by Crippen LogP contribution is 2.36. The van der Waals surface area contributed by atoms with Crippen molar-refractivity contribution < 1.29 is 19.2 Å². The van der Waals surface area contributed by atoms with Gasteiger partial charge < -0.3 is 25.3 Å². The Labute approximate surface area is 301 Å². The van der Waals surface area contributed by atoms with E-state index in [9.17, 15) is 19.2 Å². The number of benzene rings is 1. The maximum absolute atomic E-state index is 13.7. The Balaban J connectivity index is 1.18. The van der Waals surface area contributed by atoms with Crippen LogP contribution in [0.5, 0.6) is 0 Å². The lowest BCUT2D eigenvalue weighted by molar-refractivity contribution is -0.135. The smallest absolute Gasteiger partial charge is 0.228 e. The number of nitrogens with one attached hydrogen (secondary N) is 2. The molecule has 0 radical (unpaired) electrons. The van der Waals surface area contributed by atoms with Gasteiger partial charge in [0, 0.05) is 81.9 Å². The molecule has 50 heavy (non-hydrogen) atoms. The van der Waals surface area contributed by atoms with Crippen molar-refractivity contribution in [1.29, 1.82) is 0 Å². The van der Waals surface area contributed by atoms with Gasteiger partial charge in [-0.1, -0.05) is 30.3 Å². The Kier molecular flexibility index (Phi) is 12.3. The number of carbonyl (C=O) groups excluding carboxylic acids is 4. The van der Waals surface area contributed by atoms with E-state index < -0.39 is 0 Å². The van der Waals surface area contributed by atoms with Gasteiger partial charge in [0.05, 0.1) is 17.1 Å². The minimum absolute atomic E-state index is 0.00782. The molecular weight excluding hydrogens is 649 g/mol. The van der Waals surface area contributed by atoms with Crippen LogP contribution in [0.1, 0.15) is 92.3 Å². The first-order chi connectivity index (χ1) is 24.1. The maximum Gasteiger partial charge on any atom is 0.228 e. The minimum atomic E-state index is -0.114. The molecule has 0 saturated carbocycles. The van der Waals surface area contributed by atoms with Crippen LogP contribution in [0.2, 0.25) is 0 Å². The lowest BCUT2D eigenvalue weighted by atomic mass is 9.80. The van der Waals surface area contributed by atoms with Crippen molar-refractivity contribution in [3.63, 3.8) is 0 Å². The summed E-state index contributed by atoms with van der Waals surface area (Å²) in [6.07, 6.45) is 5.76. The summed E-state index contributed by atoms with van der Waals surface area (Å²) in [6, 6.07) is 10.3. The molecule has 0 unspecified atom stereocenters. The van der Waals surface area contributed by atoms with Gasteiger partial charge in [-0.2, -0.15) is 0 Å². The number of carbonyl (C=O) groups is 4. The van der Waals surface area contributed by atoms with Crippen molar-refractivity contribution in [2.24, 2.45) is 23.7 Å². The van der Waals surface area contributed by atoms with Crippen molar-refractivity contribution in [2.45, 2.75) is 97.1 Å². The van der Waals surface area contributed by atoms with Gasteiger partial charge in [0.15, 0.2) is 0 Å². The van der Waals surface area contributed by atoms with Gasteiger partial charge in [-0.3, -0.25) is 19.2 Å². The van der Waals surface area contributed by atoms with E-state index in [0.717, 1.165) is 73.0 Å². The van der Waals surface area contributed by atoms with E-state index in [1.54, 1.807) is 11.3 Å². The zero-order valence-corrected chi connectivity index (χ0v) is 31.0. The van der Waals surface area contributed by atoms with Crippen LogP contribution in [0, 0.1) is 30.6 Å². The zero-order valence-electron chi connectivity index (χ0n) is 30.2. The largest absolute Gasteiger partial charge is 0.356 e. The third kappa shape index (κ3) is 9.32. The second-order valence-corrected chi connectivity index (χ2v) is 16.7. The first-order valence-corrected chi connectivity index (χ1v) is 19.8. The van der Waals surface area contributed by atoms with Crippen LogP contribution in [0.4, 0.5) is 0 Å². The average molecular weight is 705 g/mol. The molecule has 1 aromatic heterocycles. The van der Waals surface area contributed by atoms with Crippen molar-refractivity contribution in [3.05, 3.63) is 51.5 Å². The summed E-state index contributed by atoms with van der Waals surface area (Å²) in [4.78, 5) is 66.5. The van der Waals surface area contributed by atoms with Crippen LogP contribution < -0.4 is 10.6 Å². The van der Waals surface area contributed by atoms with Gasteiger partial charge in [-0.05, 0) is 88.7 Å². The highest BCUT2D eigenvalue weighted by Gasteiger charge is 2.36. The molecule has 6 bridgehead atoms. The standard InChI is InChI=1S/C39H56N6O4S/c1-26(2)44-17-12-31-21-37(48)43-15-10-29(11-16-43)39-42-34(27(3)50-39)22-38(49)45-18-13-30(19-36(47)41-23-28-7-5-4-6-8-28)33(25-45)20-35(46)40-14-9-32(31)24-44/h4-8,26,29-33H,9-25H2,1-3H3,(H,40,46)(H,41,47)/t30-,31-,32-,33-/m0/s1. The first-order valence-electron chi connectivity index (χ1n) is 19.0. The van der Waals surface area contributed by atoms with Gasteiger partial charge in [0.2, 0.25) is 23.6 Å². The number of thiazole rings is 1. The van der Waals surface area contributed by atoms with E-state index in [0.29, 0.717) is 69.2 Å². The normalized spacial score (nSPS) is 27.4. The van der Waals surface area contributed by atoms with E-state index in [1.807, 2.05) is 35.2 Å². The Morgan fingerprint density at radius 1 is 0.900 bits per heavy atom. The lowest BCUT2D eigenvalue weighted by Crippen LogP contribution is -2.47. The number of aryl methyl sites for hydroxylation is 1. The van der Waals surface area contributed by atoms with Crippen LogP contribution in [-0.4, -0.2) is 95.2 Å². The van der Waals surface area contributed by atoms with Crippen molar-refractivity contribution >= 4 is 35.0 Å². The Bertz CT molecular complexity index is 1490. The van der Waals surface area contributed by atoms with Gasteiger partial charge in [0.1, 0.15) is 0 Å². The van der Waals surface area contributed by atoms with E-state index >= 15 is 0 Å². The third-order valence-corrected chi connectivity index (χ3v) is 13.0. The predicted octanol–water partition coefficient (Wildman–Crippen LogP) is 4.52. The van der Waals surface area contributed by atoms with E-state index in [-0.39, 0.29) is 48.3 Å². The molecule has 5 aliphatic heterocycles. The Hall–Kier alpha value is -3.31. The molecule has 272 valence electrons. The number of fused-ring (bicyclic) bond motifs is 8. The van der Waals surface area contributed by atoms with Crippen LogP contribution in [0.25, 0.3) is 0 Å². The average Bonchev–Trinajstić information content (AvgIpc) is 3.48. The van der Waals surface area contributed by atoms with E-state index in [1.165, 1.54) is 0 Å². The molecule has 2 aromatic rings. The monoisotopic (exact) mass is 704 g/mol. The summed E-state index contributed by atoms with van der Waals surface area (Å²) < 4.78 is 0. The van der Waals surface area contributed by atoms with Gasteiger partial charge in [0.25, 0.3) is 0 Å². The fourth-order valence-electron chi connectivity index (χ4n) is 8.57. The number of likely N-dealkylation sites (tertiary alicyclic amines) is 1. The second kappa shape index (κ2) is 16.8. The number of piperidine rings is 3. The molecule has 4 atom stereocenters. The zero-order chi connectivity index (χ0) is 35.2.